The molecule has 0 heterocycles. The number of nitriles is 2. The van der Waals surface area contributed by atoms with Crippen LogP contribution in [0, 0.1) is 28.1 Å². The molecule has 0 saturated carbocycles. The monoisotopic (exact) mass is 224 g/mol. The summed E-state index contributed by atoms with van der Waals surface area (Å²) in [7, 11) is 0. The second-order valence-corrected chi connectivity index (χ2v) is 4.20. The molecule has 3 heteroatoms. The van der Waals surface area contributed by atoms with Crippen LogP contribution in [0.25, 0.3) is 0 Å². The van der Waals surface area contributed by atoms with E-state index in [0.717, 1.165) is 0 Å². The van der Waals surface area contributed by atoms with Gasteiger partial charge in [0.25, 0.3) is 0 Å². The highest BCUT2D eigenvalue weighted by molar-refractivity contribution is 6.01. The van der Waals surface area contributed by atoms with Gasteiger partial charge in [0, 0.05) is 11.0 Å². The second-order valence-electron chi connectivity index (χ2n) is 4.20. The van der Waals surface area contributed by atoms with Gasteiger partial charge in [0.2, 0.25) is 0 Å². The number of ketones is 1. The highest BCUT2D eigenvalue weighted by atomic mass is 16.1. The van der Waals surface area contributed by atoms with Gasteiger partial charge in [0.1, 0.15) is 17.7 Å². The maximum atomic E-state index is 12.2. The van der Waals surface area contributed by atoms with E-state index in [-0.39, 0.29) is 11.4 Å². The zero-order chi connectivity index (χ0) is 12.9. The van der Waals surface area contributed by atoms with Crippen LogP contribution in [-0.4, -0.2) is 5.78 Å². The van der Waals surface area contributed by atoms with Gasteiger partial charge in [-0.1, -0.05) is 30.3 Å². The molecule has 0 aromatic heterocycles. The molecule has 1 aromatic rings. The SMILES string of the molecule is CC(C)(C=C(C#N)C#N)C(=O)c1ccccc1. The van der Waals surface area contributed by atoms with Gasteiger partial charge in [-0.05, 0) is 19.9 Å². The molecule has 0 N–H and O–H groups in total. The predicted molar refractivity (Wildman–Crippen MR) is 63.9 cm³/mol. The van der Waals surface area contributed by atoms with Crippen LogP contribution in [-0.2, 0) is 0 Å². The average Bonchev–Trinajstić information content (AvgIpc) is 2.36. The van der Waals surface area contributed by atoms with E-state index in [1.54, 1.807) is 50.3 Å². The van der Waals surface area contributed by atoms with E-state index < -0.39 is 5.41 Å². The van der Waals surface area contributed by atoms with Crippen molar-refractivity contribution >= 4 is 5.78 Å². The zero-order valence-corrected chi connectivity index (χ0v) is 9.77. The Hall–Kier alpha value is -2.39. The maximum absolute atomic E-state index is 12.2. The molecule has 0 fully saturated rings. The molecule has 84 valence electrons. The van der Waals surface area contributed by atoms with Gasteiger partial charge >= 0.3 is 0 Å². The van der Waals surface area contributed by atoms with Gasteiger partial charge in [0.05, 0.1) is 0 Å². The van der Waals surface area contributed by atoms with Crippen molar-refractivity contribution in [3.05, 3.63) is 47.5 Å². The summed E-state index contributed by atoms with van der Waals surface area (Å²) in [6.45, 7) is 3.38. The Morgan fingerprint density at radius 2 is 1.71 bits per heavy atom. The van der Waals surface area contributed by atoms with Gasteiger partial charge in [-0.3, -0.25) is 4.79 Å². The van der Waals surface area contributed by atoms with Crippen molar-refractivity contribution in [2.45, 2.75) is 13.8 Å². The Labute approximate surface area is 101 Å². The van der Waals surface area contributed by atoms with Crippen LogP contribution in [0.15, 0.2) is 42.0 Å². The molecule has 0 aliphatic heterocycles. The number of hydrogen-bond donors (Lipinski definition) is 0. The van der Waals surface area contributed by atoms with Crippen LogP contribution in [0.1, 0.15) is 24.2 Å². The lowest BCUT2D eigenvalue weighted by molar-refractivity contribution is 0.0885. The zero-order valence-electron chi connectivity index (χ0n) is 9.77. The Morgan fingerprint density at radius 3 is 2.18 bits per heavy atom. The van der Waals surface area contributed by atoms with Gasteiger partial charge in [-0.25, -0.2) is 0 Å². The molecular weight excluding hydrogens is 212 g/mol. The summed E-state index contributed by atoms with van der Waals surface area (Å²) in [5.41, 5.74) is -0.328. The molecule has 0 atom stereocenters. The van der Waals surface area contributed by atoms with E-state index in [0.29, 0.717) is 5.56 Å². The minimum atomic E-state index is -0.859. The fraction of sp³-hybridized carbons (Fsp3) is 0.214. The predicted octanol–water partition coefficient (Wildman–Crippen LogP) is 2.87. The Bertz CT molecular complexity index is 512. The summed E-state index contributed by atoms with van der Waals surface area (Å²) in [5, 5.41) is 17.4. The van der Waals surface area contributed by atoms with E-state index >= 15 is 0 Å². The molecular formula is C14H12N2O. The summed E-state index contributed by atoms with van der Waals surface area (Å²) in [4.78, 5) is 12.2. The molecule has 0 spiro atoms. The Morgan fingerprint density at radius 1 is 1.18 bits per heavy atom. The third kappa shape index (κ3) is 3.03. The van der Waals surface area contributed by atoms with Crippen LogP contribution in [0.4, 0.5) is 0 Å². The molecule has 0 unspecified atom stereocenters. The van der Waals surface area contributed by atoms with Crippen LogP contribution in [0.5, 0.6) is 0 Å². The van der Waals surface area contributed by atoms with Crippen LogP contribution < -0.4 is 0 Å². The molecule has 0 aliphatic rings. The van der Waals surface area contributed by atoms with E-state index in [4.69, 9.17) is 10.5 Å². The quantitative estimate of drug-likeness (QED) is 0.585. The summed E-state index contributed by atoms with van der Waals surface area (Å²) in [6, 6.07) is 12.4. The molecule has 1 rings (SSSR count). The topological polar surface area (TPSA) is 64.7 Å². The molecule has 17 heavy (non-hydrogen) atoms. The van der Waals surface area contributed by atoms with Crippen molar-refractivity contribution in [1.29, 1.82) is 10.5 Å². The van der Waals surface area contributed by atoms with Gasteiger partial charge in [-0.15, -0.1) is 0 Å². The van der Waals surface area contributed by atoms with Crippen molar-refractivity contribution in [2.24, 2.45) is 5.41 Å². The van der Waals surface area contributed by atoms with Gasteiger partial charge in [-0.2, -0.15) is 10.5 Å². The van der Waals surface area contributed by atoms with Gasteiger partial charge < -0.3 is 0 Å². The van der Waals surface area contributed by atoms with Crippen LogP contribution in [0.2, 0.25) is 0 Å². The van der Waals surface area contributed by atoms with E-state index in [1.807, 2.05) is 6.07 Å². The van der Waals surface area contributed by atoms with Gasteiger partial charge in [0.15, 0.2) is 5.78 Å². The third-order valence-corrected chi connectivity index (χ3v) is 2.37. The molecule has 3 nitrogen and oxygen atoms in total. The molecule has 0 aliphatic carbocycles. The third-order valence-electron chi connectivity index (χ3n) is 2.37. The van der Waals surface area contributed by atoms with Crippen molar-refractivity contribution in [3.63, 3.8) is 0 Å². The number of allylic oxidation sites excluding steroid dienone is 2. The minimum Gasteiger partial charge on any atom is -0.293 e. The summed E-state index contributed by atoms with van der Waals surface area (Å²) in [6.07, 6.45) is 1.41. The van der Waals surface area contributed by atoms with Crippen molar-refractivity contribution in [1.82, 2.24) is 0 Å². The first-order chi connectivity index (χ1) is 8.01. The first-order valence-electron chi connectivity index (χ1n) is 5.14. The number of hydrogen-bond acceptors (Lipinski definition) is 3. The Kier molecular flexibility index (Phi) is 3.80. The van der Waals surface area contributed by atoms with Crippen LogP contribution >= 0.6 is 0 Å². The molecule has 0 bridgehead atoms. The maximum Gasteiger partial charge on any atom is 0.172 e. The number of benzene rings is 1. The first-order valence-corrected chi connectivity index (χ1v) is 5.14. The number of rotatable bonds is 3. The van der Waals surface area contributed by atoms with Crippen molar-refractivity contribution < 1.29 is 4.79 Å². The van der Waals surface area contributed by atoms with Crippen molar-refractivity contribution in [3.8, 4) is 12.1 Å². The van der Waals surface area contributed by atoms with E-state index in [9.17, 15) is 4.79 Å². The standard InChI is InChI=1S/C14H12N2O/c1-14(2,8-11(9-15)10-16)13(17)12-6-4-3-5-7-12/h3-8H,1-2H3. The number of carbonyl (C=O) groups excluding carboxylic acids is 1. The molecule has 0 saturated heterocycles. The van der Waals surface area contributed by atoms with Crippen LogP contribution in [0.3, 0.4) is 0 Å². The molecule has 0 radical (unpaired) electrons. The fourth-order valence-corrected chi connectivity index (χ4v) is 1.48. The summed E-state index contributed by atoms with van der Waals surface area (Å²) < 4.78 is 0. The normalized spacial score (nSPS) is 9.88. The average molecular weight is 224 g/mol. The largest absolute Gasteiger partial charge is 0.293 e. The molecule has 1 aromatic carbocycles. The fourth-order valence-electron chi connectivity index (χ4n) is 1.48. The number of Topliss-reactive ketones (excluding diaryl/α,β-unsaturated/α-hetero) is 1. The summed E-state index contributed by atoms with van der Waals surface area (Å²) in [5.74, 6) is -0.110. The lowest BCUT2D eigenvalue weighted by Gasteiger charge is -2.18. The highest BCUT2D eigenvalue weighted by Gasteiger charge is 2.26. The molecule has 0 amide bonds. The number of carbonyl (C=O) groups is 1. The van der Waals surface area contributed by atoms with E-state index in [1.165, 1.54) is 6.08 Å². The Balaban J connectivity index is 3.09. The first kappa shape index (κ1) is 12.7. The lowest BCUT2D eigenvalue weighted by Crippen LogP contribution is -2.22. The second kappa shape index (κ2) is 5.09. The summed E-state index contributed by atoms with van der Waals surface area (Å²) >= 11 is 0. The highest BCUT2D eigenvalue weighted by Crippen LogP contribution is 2.24. The lowest BCUT2D eigenvalue weighted by atomic mass is 9.83. The number of nitrogens with zero attached hydrogens (tertiary/aromatic N) is 2. The smallest absolute Gasteiger partial charge is 0.172 e. The minimum absolute atomic E-state index is 0.0423. The van der Waals surface area contributed by atoms with E-state index in [2.05, 4.69) is 0 Å². The van der Waals surface area contributed by atoms with Crippen molar-refractivity contribution in [2.75, 3.05) is 0 Å².